The molecule has 16 heavy (non-hydrogen) atoms. The zero-order valence-corrected chi connectivity index (χ0v) is 12.1. The largest absolute Gasteiger partial charge is 0.317 e. The number of unbranched alkanes of at least 4 members (excludes halogenated alkanes) is 2. The van der Waals surface area contributed by atoms with Gasteiger partial charge in [-0.25, -0.2) is 0 Å². The Morgan fingerprint density at radius 3 is 2.25 bits per heavy atom. The van der Waals surface area contributed by atoms with E-state index in [4.69, 9.17) is 0 Å². The summed E-state index contributed by atoms with van der Waals surface area (Å²) >= 11 is 0. The van der Waals surface area contributed by atoms with Crippen molar-refractivity contribution in [3.63, 3.8) is 0 Å². The standard InChI is InChI=1S/C14H32N2/c1-6-10-15-11-8-7-9-12-16(5)14(4)13(2)3/h13-15H,6-12H2,1-5H3. The molecule has 0 aliphatic heterocycles. The molecule has 0 saturated carbocycles. The van der Waals surface area contributed by atoms with Crippen molar-refractivity contribution in [2.75, 3.05) is 26.7 Å². The second-order valence-corrected chi connectivity index (χ2v) is 5.28. The van der Waals surface area contributed by atoms with Gasteiger partial charge in [-0.05, 0) is 58.8 Å². The lowest BCUT2D eigenvalue weighted by molar-refractivity contribution is 0.204. The average Bonchev–Trinajstić information content (AvgIpc) is 2.26. The molecule has 2 nitrogen and oxygen atoms in total. The monoisotopic (exact) mass is 228 g/mol. The lowest BCUT2D eigenvalue weighted by Crippen LogP contribution is -2.34. The first-order valence-corrected chi connectivity index (χ1v) is 7.00. The summed E-state index contributed by atoms with van der Waals surface area (Å²) in [6.07, 6.45) is 5.26. The fourth-order valence-electron chi connectivity index (χ4n) is 1.80. The van der Waals surface area contributed by atoms with Gasteiger partial charge in [0.1, 0.15) is 0 Å². The van der Waals surface area contributed by atoms with Crippen LogP contribution in [0.15, 0.2) is 0 Å². The van der Waals surface area contributed by atoms with Gasteiger partial charge in [0.25, 0.3) is 0 Å². The van der Waals surface area contributed by atoms with Crippen LogP contribution in [0.2, 0.25) is 0 Å². The normalized spacial score (nSPS) is 13.7. The topological polar surface area (TPSA) is 15.3 Å². The molecule has 0 fully saturated rings. The fraction of sp³-hybridized carbons (Fsp3) is 1.00. The van der Waals surface area contributed by atoms with Crippen molar-refractivity contribution in [3.8, 4) is 0 Å². The molecule has 0 bridgehead atoms. The van der Waals surface area contributed by atoms with Gasteiger partial charge in [0.2, 0.25) is 0 Å². The molecular formula is C14H32N2. The van der Waals surface area contributed by atoms with Crippen LogP contribution in [0.25, 0.3) is 0 Å². The minimum atomic E-state index is 0.707. The second-order valence-electron chi connectivity index (χ2n) is 5.28. The predicted octanol–water partition coefficient (Wildman–Crippen LogP) is 3.13. The summed E-state index contributed by atoms with van der Waals surface area (Å²) in [5, 5.41) is 3.45. The van der Waals surface area contributed by atoms with E-state index in [1.54, 1.807) is 0 Å². The number of hydrogen-bond donors (Lipinski definition) is 1. The minimum Gasteiger partial charge on any atom is -0.317 e. The lowest BCUT2D eigenvalue weighted by atomic mass is 10.0. The first kappa shape index (κ1) is 15.9. The van der Waals surface area contributed by atoms with Crippen LogP contribution in [-0.2, 0) is 0 Å². The maximum Gasteiger partial charge on any atom is 0.00868 e. The number of nitrogens with one attached hydrogen (secondary N) is 1. The first-order valence-electron chi connectivity index (χ1n) is 7.00. The van der Waals surface area contributed by atoms with E-state index < -0.39 is 0 Å². The SMILES string of the molecule is CCCNCCCCCN(C)C(C)C(C)C. The molecular weight excluding hydrogens is 196 g/mol. The Bertz CT molecular complexity index is 146. The summed E-state index contributed by atoms with van der Waals surface area (Å²) in [5.41, 5.74) is 0. The third-order valence-corrected chi connectivity index (χ3v) is 3.45. The molecule has 0 rings (SSSR count). The summed E-state index contributed by atoms with van der Waals surface area (Å²) in [6, 6.07) is 0.707. The van der Waals surface area contributed by atoms with Crippen LogP contribution in [0.5, 0.6) is 0 Å². The second kappa shape index (κ2) is 10.1. The van der Waals surface area contributed by atoms with Gasteiger partial charge in [-0.2, -0.15) is 0 Å². The Labute approximate surface area is 103 Å². The molecule has 1 unspecified atom stereocenters. The maximum absolute atomic E-state index is 3.45. The van der Waals surface area contributed by atoms with E-state index in [-0.39, 0.29) is 0 Å². The van der Waals surface area contributed by atoms with Crippen molar-refractivity contribution < 1.29 is 0 Å². The van der Waals surface area contributed by atoms with Crippen molar-refractivity contribution in [2.45, 2.75) is 59.4 Å². The highest BCUT2D eigenvalue weighted by Gasteiger charge is 2.11. The van der Waals surface area contributed by atoms with Crippen LogP contribution in [-0.4, -0.2) is 37.6 Å². The molecule has 0 aromatic carbocycles. The number of rotatable bonds is 10. The highest BCUT2D eigenvalue weighted by atomic mass is 15.1. The fourth-order valence-corrected chi connectivity index (χ4v) is 1.80. The molecule has 0 aromatic heterocycles. The summed E-state index contributed by atoms with van der Waals surface area (Å²) in [5.74, 6) is 0.760. The van der Waals surface area contributed by atoms with Crippen LogP contribution < -0.4 is 5.32 Å². The van der Waals surface area contributed by atoms with E-state index in [1.165, 1.54) is 45.3 Å². The van der Waals surface area contributed by atoms with E-state index in [9.17, 15) is 0 Å². The van der Waals surface area contributed by atoms with E-state index in [0.717, 1.165) is 5.92 Å². The quantitative estimate of drug-likeness (QED) is 0.578. The van der Waals surface area contributed by atoms with E-state index in [0.29, 0.717) is 6.04 Å². The molecule has 0 radical (unpaired) electrons. The minimum absolute atomic E-state index is 0.707. The van der Waals surface area contributed by atoms with Gasteiger partial charge in [0.15, 0.2) is 0 Å². The molecule has 1 atom stereocenters. The summed E-state index contributed by atoms with van der Waals surface area (Å²) in [6.45, 7) is 12.8. The summed E-state index contributed by atoms with van der Waals surface area (Å²) in [4.78, 5) is 2.49. The smallest absolute Gasteiger partial charge is 0.00868 e. The molecule has 0 heterocycles. The van der Waals surface area contributed by atoms with Crippen LogP contribution in [0.1, 0.15) is 53.4 Å². The summed E-state index contributed by atoms with van der Waals surface area (Å²) in [7, 11) is 2.25. The zero-order chi connectivity index (χ0) is 12.4. The average molecular weight is 228 g/mol. The Balaban J connectivity index is 3.31. The van der Waals surface area contributed by atoms with Gasteiger partial charge < -0.3 is 10.2 Å². The zero-order valence-electron chi connectivity index (χ0n) is 12.1. The summed E-state index contributed by atoms with van der Waals surface area (Å²) < 4.78 is 0. The van der Waals surface area contributed by atoms with Gasteiger partial charge in [-0.15, -0.1) is 0 Å². The number of hydrogen-bond acceptors (Lipinski definition) is 2. The van der Waals surface area contributed by atoms with Crippen LogP contribution in [0.4, 0.5) is 0 Å². The van der Waals surface area contributed by atoms with E-state index in [1.807, 2.05) is 0 Å². The van der Waals surface area contributed by atoms with E-state index in [2.05, 4.69) is 45.0 Å². The van der Waals surface area contributed by atoms with Crippen molar-refractivity contribution in [1.82, 2.24) is 10.2 Å². The molecule has 0 amide bonds. The Morgan fingerprint density at radius 1 is 1.00 bits per heavy atom. The third-order valence-electron chi connectivity index (χ3n) is 3.45. The van der Waals surface area contributed by atoms with Gasteiger partial charge in [0.05, 0.1) is 0 Å². The highest BCUT2D eigenvalue weighted by Crippen LogP contribution is 2.09. The molecule has 0 aromatic rings. The third kappa shape index (κ3) is 8.12. The maximum atomic E-state index is 3.45. The van der Waals surface area contributed by atoms with Crippen LogP contribution in [0.3, 0.4) is 0 Å². The van der Waals surface area contributed by atoms with Gasteiger partial charge in [0, 0.05) is 6.04 Å². The van der Waals surface area contributed by atoms with Crippen LogP contribution in [0, 0.1) is 5.92 Å². The van der Waals surface area contributed by atoms with Crippen molar-refractivity contribution in [1.29, 1.82) is 0 Å². The van der Waals surface area contributed by atoms with Crippen LogP contribution >= 0.6 is 0 Å². The molecule has 0 spiro atoms. The molecule has 2 heteroatoms. The number of nitrogens with zero attached hydrogens (tertiary/aromatic N) is 1. The van der Waals surface area contributed by atoms with Crippen molar-refractivity contribution in [2.24, 2.45) is 5.92 Å². The Kier molecular flexibility index (Phi) is 10.0. The van der Waals surface area contributed by atoms with Gasteiger partial charge >= 0.3 is 0 Å². The Morgan fingerprint density at radius 2 is 1.69 bits per heavy atom. The molecule has 0 saturated heterocycles. The molecule has 98 valence electrons. The van der Waals surface area contributed by atoms with Gasteiger partial charge in [-0.3, -0.25) is 0 Å². The van der Waals surface area contributed by atoms with E-state index >= 15 is 0 Å². The lowest BCUT2D eigenvalue weighted by Gasteiger charge is -2.27. The Hall–Kier alpha value is -0.0800. The predicted molar refractivity (Wildman–Crippen MR) is 73.9 cm³/mol. The molecule has 0 aliphatic carbocycles. The van der Waals surface area contributed by atoms with Crippen molar-refractivity contribution >= 4 is 0 Å². The molecule has 0 aliphatic rings. The highest BCUT2D eigenvalue weighted by molar-refractivity contribution is 4.66. The first-order chi connectivity index (χ1) is 7.59. The van der Waals surface area contributed by atoms with Gasteiger partial charge in [-0.1, -0.05) is 27.2 Å². The van der Waals surface area contributed by atoms with Crippen molar-refractivity contribution in [3.05, 3.63) is 0 Å². The molecule has 1 N–H and O–H groups in total.